The van der Waals surface area contributed by atoms with E-state index in [0.29, 0.717) is 21.6 Å². The van der Waals surface area contributed by atoms with Crippen LogP contribution >= 0.6 is 24.0 Å². The van der Waals surface area contributed by atoms with E-state index < -0.39 is 0 Å². The molecule has 134 valence electrons. The Morgan fingerprint density at radius 2 is 2.00 bits per heavy atom. The van der Waals surface area contributed by atoms with Crippen LogP contribution in [0, 0.1) is 13.8 Å². The van der Waals surface area contributed by atoms with Gasteiger partial charge in [-0.2, -0.15) is 0 Å². The third-order valence-corrected chi connectivity index (χ3v) is 5.27. The molecule has 1 N–H and O–H groups in total. The van der Waals surface area contributed by atoms with Gasteiger partial charge in [-0.1, -0.05) is 47.7 Å². The number of phenolic OH excluding ortho intramolecular Hbond substituents is 1. The summed E-state index contributed by atoms with van der Waals surface area (Å²) < 4.78 is 5.91. The molecule has 1 amide bonds. The van der Waals surface area contributed by atoms with E-state index in [0.717, 1.165) is 22.4 Å². The summed E-state index contributed by atoms with van der Waals surface area (Å²) in [5.41, 5.74) is 3.72. The molecular formula is C20H19NO3S2. The number of benzene rings is 2. The molecule has 4 nitrogen and oxygen atoms in total. The molecule has 1 fully saturated rings. The maximum atomic E-state index is 12.9. The van der Waals surface area contributed by atoms with E-state index in [1.807, 2.05) is 39.0 Å². The Morgan fingerprint density at radius 3 is 2.69 bits per heavy atom. The van der Waals surface area contributed by atoms with Crippen molar-refractivity contribution in [2.45, 2.75) is 20.8 Å². The summed E-state index contributed by atoms with van der Waals surface area (Å²) in [7, 11) is 0. The third-order valence-electron chi connectivity index (χ3n) is 3.97. The van der Waals surface area contributed by atoms with Gasteiger partial charge in [-0.15, -0.1) is 0 Å². The van der Waals surface area contributed by atoms with E-state index >= 15 is 0 Å². The molecule has 0 radical (unpaired) electrons. The fourth-order valence-electron chi connectivity index (χ4n) is 2.77. The van der Waals surface area contributed by atoms with Gasteiger partial charge in [0.25, 0.3) is 5.91 Å². The number of hydrogen-bond donors (Lipinski definition) is 1. The lowest BCUT2D eigenvalue weighted by molar-refractivity contribution is -0.113. The van der Waals surface area contributed by atoms with Gasteiger partial charge in [0.1, 0.15) is 0 Å². The van der Waals surface area contributed by atoms with Gasteiger partial charge in [0.15, 0.2) is 15.8 Å². The number of amides is 1. The van der Waals surface area contributed by atoms with Gasteiger partial charge < -0.3 is 9.84 Å². The van der Waals surface area contributed by atoms with Gasteiger partial charge in [-0.05, 0) is 56.2 Å². The number of rotatable bonds is 4. The molecule has 0 bridgehead atoms. The molecular weight excluding hydrogens is 366 g/mol. The van der Waals surface area contributed by atoms with Crippen LogP contribution in [-0.2, 0) is 4.79 Å². The van der Waals surface area contributed by atoms with E-state index in [-0.39, 0.29) is 11.7 Å². The predicted molar refractivity (Wildman–Crippen MR) is 111 cm³/mol. The average Bonchev–Trinajstić information content (AvgIpc) is 2.85. The van der Waals surface area contributed by atoms with Gasteiger partial charge in [0.2, 0.25) is 0 Å². The molecule has 0 saturated carbocycles. The van der Waals surface area contributed by atoms with Crippen molar-refractivity contribution in [2.24, 2.45) is 0 Å². The van der Waals surface area contributed by atoms with Crippen molar-refractivity contribution in [1.82, 2.24) is 0 Å². The topological polar surface area (TPSA) is 49.8 Å². The van der Waals surface area contributed by atoms with Crippen LogP contribution in [0.15, 0.2) is 41.3 Å². The fourth-order valence-corrected chi connectivity index (χ4v) is 4.06. The maximum Gasteiger partial charge on any atom is 0.270 e. The first-order valence-corrected chi connectivity index (χ1v) is 9.44. The minimum atomic E-state index is -0.141. The Bertz CT molecular complexity index is 921. The van der Waals surface area contributed by atoms with E-state index in [1.54, 1.807) is 29.2 Å². The van der Waals surface area contributed by atoms with E-state index in [9.17, 15) is 9.90 Å². The Morgan fingerprint density at radius 1 is 1.23 bits per heavy atom. The van der Waals surface area contributed by atoms with Crippen molar-refractivity contribution in [3.63, 3.8) is 0 Å². The molecule has 0 aliphatic carbocycles. The van der Waals surface area contributed by atoms with Crippen molar-refractivity contribution in [3.05, 3.63) is 58.0 Å². The summed E-state index contributed by atoms with van der Waals surface area (Å²) in [6.07, 6.45) is 1.77. The van der Waals surface area contributed by atoms with Crippen molar-refractivity contribution in [3.8, 4) is 11.5 Å². The number of carbonyl (C=O) groups excluding carboxylic acids is 1. The van der Waals surface area contributed by atoms with Gasteiger partial charge in [0, 0.05) is 0 Å². The molecule has 2 aromatic carbocycles. The fraction of sp³-hybridized carbons (Fsp3) is 0.200. The zero-order valence-electron chi connectivity index (χ0n) is 14.8. The molecule has 0 atom stereocenters. The first kappa shape index (κ1) is 18.5. The predicted octanol–water partition coefficient (Wildman–Crippen LogP) is 4.81. The van der Waals surface area contributed by atoms with Gasteiger partial charge in [-0.3, -0.25) is 9.69 Å². The van der Waals surface area contributed by atoms with Gasteiger partial charge in [0.05, 0.1) is 17.2 Å². The molecule has 1 aliphatic rings. The molecule has 0 spiro atoms. The summed E-state index contributed by atoms with van der Waals surface area (Å²) >= 11 is 6.71. The molecule has 1 aliphatic heterocycles. The maximum absolute atomic E-state index is 12.9. The van der Waals surface area contributed by atoms with Crippen LogP contribution in [0.4, 0.5) is 5.69 Å². The minimum Gasteiger partial charge on any atom is -0.504 e. The number of carbonyl (C=O) groups is 1. The average molecular weight is 386 g/mol. The van der Waals surface area contributed by atoms with E-state index in [2.05, 4.69) is 0 Å². The molecule has 0 unspecified atom stereocenters. The van der Waals surface area contributed by atoms with Crippen LogP contribution in [0.25, 0.3) is 6.08 Å². The number of phenols is 1. The Hall–Kier alpha value is -2.31. The van der Waals surface area contributed by atoms with Crippen LogP contribution in [0.5, 0.6) is 11.5 Å². The number of aromatic hydroxyl groups is 1. The van der Waals surface area contributed by atoms with Crippen molar-refractivity contribution >= 4 is 46.0 Å². The van der Waals surface area contributed by atoms with Crippen LogP contribution in [0.2, 0.25) is 0 Å². The number of thioether (sulfide) groups is 1. The smallest absolute Gasteiger partial charge is 0.270 e. The second kappa shape index (κ2) is 7.51. The largest absolute Gasteiger partial charge is 0.504 e. The SMILES string of the molecule is CCOc1cc(/C=C2/SC(=S)N(c3ccc(C)cc3C)C2=O)ccc1O. The third kappa shape index (κ3) is 3.61. The van der Waals surface area contributed by atoms with Crippen molar-refractivity contribution < 1.29 is 14.6 Å². The van der Waals surface area contributed by atoms with Gasteiger partial charge >= 0.3 is 0 Å². The van der Waals surface area contributed by atoms with Gasteiger partial charge in [-0.25, -0.2) is 0 Å². The monoisotopic (exact) mass is 385 g/mol. The van der Waals surface area contributed by atoms with E-state index in [1.165, 1.54) is 11.8 Å². The Labute approximate surface area is 162 Å². The number of thiocarbonyl (C=S) groups is 1. The highest BCUT2D eigenvalue weighted by Gasteiger charge is 2.34. The summed E-state index contributed by atoms with van der Waals surface area (Å²) in [6.45, 7) is 6.29. The Kier molecular flexibility index (Phi) is 5.34. The number of hydrogen-bond acceptors (Lipinski definition) is 5. The summed E-state index contributed by atoms with van der Waals surface area (Å²) in [5.74, 6) is 0.330. The van der Waals surface area contributed by atoms with Crippen LogP contribution < -0.4 is 9.64 Å². The quantitative estimate of drug-likeness (QED) is 0.604. The molecule has 2 aromatic rings. The van der Waals surface area contributed by atoms with Crippen LogP contribution in [0.1, 0.15) is 23.6 Å². The summed E-state index contributed by atoms with van der Waals surface area (Å²) in [4.78, 5) is 15.0. The highest BCUT2D eigenvalue weighted by Crippen LogP contribution is 2.38. The highest BCUT2D eigenvalue weighted by molar-refractivity contribution is 8.27. The highest BCUT2D eigenvalue weighted by atomic mass is 32.2. The first-order chi connectivity index (χ1) is 12.4. The molecule has 3 rings (SSSR count). The second-order valence-corrected chi connectivity index (χ2v) is 7.64. The molecule has 0 aromatic heterocycles. The number of nitrogens with zero attached hydrogens (tertiary/aromatic N) is 1. The summed E-state index contributed by atoms with van der Waals surface area (Å²) in [5, 5.41) is 9.82. The lowest BCUT2D eigenvalue weighted by Crippen LogP contribution is -2.28. The first-order valence-electron chi connectivity index (χ1n) is 8.21. The summed E-state index contributed by atoms with van der Waals surface area (Å²) in [6, 6.07) is 10.9. The van der Waals surface area contributed by atoms with Crippen LogP contribution in [-0.4, -0.2) is 21.9 Å². The standard InChI is InChI=1S/C20H19NO3S2/c1-4-24-17-10-14(6-8-16(17)22)11-18-19(23)21(20(25)26-18)15-7-5-12(2)9-13(15)3/h5-11,22H,4H2,1-3H3/b18-11+. The number of aryl methyl sites for hydroxylation is 2. The minimum absolute atomic E-state index is 0.0758. The van der Waals surface area contributed by atoms with Crippen LogP contribution in [0.3, 0.4) is 0 Å². The lowest BCUT2D eigenvalue weighted by Gasteiger charge is -2.17. The number of ether oxygens (including phenoxy) is 1. The van der Waals surface area contributed by atoms with Crippen molar-refractivity contribution in [1.29, 1.82) is 0 Å². The number of anilines is 1. The molecule has 1 heterocycles. The molecule has 6 heteroatoms. The zero-order valence-corrected chi connectivity index (χ0v) is 16.4. The second-order valence-electron chi connectivity index (χ2n) is 5.97. The molecule has 1 saturated heterocycles. The lowest BCUT2D eigenvalue weighted by atomic mass is 10.1. The zero-order chi connectivity index (χ0) is 18.8. The van der Waals surface area contributed by atoms with E-state index in [4.69, 9.17) is 17.0 Å². The molecule has 26 heavy (non-hydrogen) atoms. The van der Waals surface area contributed by atoms with Crippen molar-refractivity contribution in [2.75, 3.05) is 11.5 Å². The normalized spacial score (nSPS) is 15.8. The Balaban J connectivity index is 1.93.